The Morgan fingerprint density at radius 1 is 0.579 bits per heavy atom. The maximum atomic E-state index is 6.04. The third kappa shape index (κ3) is 10.9. The zero-order valence-corrected chi connectivity index (χ0v) is 14.5. The van der Waals surface area contributed by atoms with Crippen molar-refractivity contribution in [1.82, 2.24) is 0 Å². The third-order valence-electron chi connectivity index (χ3n) is 1.67. The fraction of sp³-hybridized carbons (Fsp3) is 1.00. The summed E-state index contributed by atoms with van der Waals surface area (Å²) in [6.45, 7) is 10.3. The van der Waals surface area contributed by atoms with Gasteiger partial charge in [-0.1, -0.05) is 22.3 Å². The Balaban J connectivity index is -0.000000375. The lowest BCUT2D eigenvalue weighted by Gasteiger charge is -2.35. The largest absolute Gasteiger partial charge is 0.669 e. The van der Waals surface area contributed by atoms with Crippen molar-refractivity contribution in [2.24, 2.45) is 0 Å². The van der Waals surface area contributed by atoms with Crippen molar-refractivity contribution in [3.8, 4) is 0 Å². The first-order valence-corrected chi connectivity index (χ1v) is 13.0. The first kappa shape index (κ1) is 27.7. The fourth-order valence-corrected chi connectivity index (χ4v) is 11.8. The van der Waals surface area contributed by atoms with Gasteiger partial charge in [-0.3, -0.25) is 0 Å². The molecule has 0 spiro atoms. The molecule has 0 aromatic heterocycles. The van der Waals surface area contributed by atoms with Crippen LogP contribution in [0.15, 0.2) is 0 Å². The van der Waals surface area contributed by atoms with Gasteiger partial charge in [0.2, 0.25) is 0 Å². The van der Waals surface area contributed by atoms with Crippen LogP contribution in [0, 0.1) is 0 Å². The van der Waals surface area contributed by atoms with E-state index < -0.39 is 25.9 Å². The highest BCUT2D eigenvalue weighted by Gasteiger charge is 2.49. The Morgan fingerprint density at radius 3 is 1.11 bits per heavy atom. The molecule has 0 aliphatic carbocycles. The molecule has 0 atom stereocenters. The highest BCUT2D eigenvalue weighted by Crippen LogP contribution is 2.21. The Bertz CT molecular complexity index is 207. The van der Waals surface area contributed by atoms with Crippen molar-refractivity contribution in [2.45, 2.75) is 55.0 Å². The van der Waals surface area contributed by atoms with E-state index in [1.54, 1.807) is 0 Å². The van der Waals surface area contributed by atoms with Gasteiger partial charge in [0.1, 0.15) is 0 Å². The topological polar surface area (TPSA) is 46.2 Å². The van der Waals surface area contributed by atoms with E-state index in [2.05, 4.69) is 19.6 Å². The van der Waals surface area contributed by atoms with E-state index >= 15 is 0 Å². The highest BCUT2D eigenvalue weighted by molar-refractivity contribution is 6.84. The average Bonchev–Trinajstić information content (AvgIpc) is 2.10. The second kappa shape index (κ2) is 10.2. The van der Waals surface area contributed by atoms with Gasteiger partial charge < -0.3 is 21.5 Å². The number of hydrogen-bond acceptors (Lipinski definition) is 5. The molecule has 0 unspecified atom stereocenters. The predicted molar refractivity (Wildman–Crippen MR) is 90.0 cm³/mol. The Hall–Kier alpha value is 0.451. The first-order valence-electron chi connectivity index (χ1n) is 5.15. The average molecular weight is 333 g/mol. The second-order valence-electron chi connectivity index (χ2n) is 4.83. The first-order chi connectivity index (χ1) is 7.10. The van der Waals surface area contributed by atoms with Gasteiger partial charge in [0.15, 0.2) is 8.32 Å². The molecule has 0 aliphatic heterocycles. The van der Waals surface area contributed by atoms with Gasteiger partial charge >= 0.3 is 17.6 Å². The molecule has 0 N–H and O–H groups in total. The van der Waals surface area contributed by atoms with Crippen LogP contribution in [-0.4, -0.2) is 47.3 Å². The minimum absolute atomic E-state index is 0. The van der Waals surface area contributed by atoms with E-state index in [9.17, 15) is 0 Å². The molecule has 122 valence electrons. The van der Waals surface area contributed by atoms with Crippen LogP contribution in [0.3, 0.4) is 0 Å². The molecular weight excluding hydrogens is 296 g/mol. The molecule has 8 heteroatoms. The maximum absolute atomic E-state index is 6.04. The summed E-state index contributed by atoms with van der Waals surface area (Å²) in [5.74, 6) is 0. The fourth-order valence-electron chi connectivity index (χ4n) is 1.43. The van der Waals surface area contributed by atoms with E-state index in [0.717, 1.165) is 0 Å². The minimum Gasteiger partial charge on any atom is -0.437 e. The summed E-state index contributed by atoms with van der Waals surface area (Å²) in [5, 5.41) is 0. The Kier molecular flexibility index (Phi) is 14.9. The molecule has 0 aromatic rings. The molecule has 5 nitrogen and oxygen atoms in total. The van der Waals surface area contributed by atoms with Gasteiger partial charge in [0.25, 0.3) is 0 Å². The SMILES string of the molecule is C.C.C.CO[Si](OC)(OC)O[Si](C)(C)O[Si](C)(C)C. The van der Waals surface area contributed by atoms with Crippen LogP contribution in [0.5, 0.6) is 0 Å². The number of hydrogen-bond donors (Lipinski definition) is 0. The van der Waals surface area contributed by atoms with Gasteiger partial charge in [-0.05, 0) is 32.7 Å². The van der Waals surface area contributed by atoms with Crippen molar-refractivity contribution in [3.05, 3.63) is 0 Å². The molecule has 0 fully saturated rings. The molecule has 0 amide bonds. The molecule has 0 saturated carbocycles. The summed E-state index contributed by atoms with van der Waals surface area (Å²) in [4.78, 5) is 0. The summed E-state index contributed by atoms with van der Waals surface area (Å²) in [6, 6.07) is 0. The Morgan fingerprint density at radius 2 is 0.895 bits per heavy atom. The zero-order valence-electron chi connectivity index (χ0n) is 11.5. The van der Waals surface area contributed by atoms with Gasteiger partial charge in [0, 0.05) is 21.3 Å². The normalized spacial score (nSPS) is 12.0. The van der Waals surface area contributed by atoms with Gasteiger partial charge in [0.05, 0.1) is 0 Å². The van der Waals surface area contributed by atoms with Crippen molar-refractivity contribution in [1.29, 1.82) is 0 Å². The van der Waals surface area contributed by atoms with Crippen LogP contribution in [0.2, 0.25) is 32.7 Å². The standard InChI is InChI=1S/C8H24O5Si3.3CH4/c1-9-16(10-2,11-3)13-15(7,8)12-14(4,5)6;;;/h1-8H3;3*1H4. The van der Waals surface area contributed by atoms with Crippen LogP contribution < -0.4 is 0 Å². The molecular formula is C11H36O5Si3. The smallest absolute Gasteiger partial charge is 0.437 e. The van der Waals surface area contributed by atoms with Gasteiger partial charge in [-0.2, -0.15) is 0 Å². The van der Waals surface area contributed by atoms with Crippen LogP contribution in [0.4, 0.5) is 0 Å². The lowest BCUT2D eigenvalue weighted by Crippen LogP contribution is -2.57. The van der Waals surface area contributed by atoms with Crippen molar-refractivity contribution in [3.63, 3.8) is 0 Å². The molecule has 0 radical (unpaired) electrons. The van der Waals surface area contributed by atoms with Crippen LogP contribution >= 0.6 is 0 Å². The van der Waals surface area contributed by atoms with E-state index in [1.165, 1.54) is 21.3 Å². The predicted octanol–water partition coefficient (Wildman–Crippen LogP) is 3.84. The Labute approximate surface area is 124 Å². The van der Waals surface area contributed by atoms with Crippen molar-refractivity contribution < 1.29 is 21.5 Å². The monoisotopic (exact) mass is 332 g/mol. The summed E-state index contributed by atoms with van der Waals surface area (Å²) >= 11 is 0. The van der Waals surface area contributed by atoms with Crippen LogP contribution in [-0.2, 0) is 21.5 Å². The van der Waals surface area contributed by atoms with E-state index in [-0.39, 0.29) is 22.3 Å². The highest BCUT2D eigenvalue weighted by atomic mass is 28.5. The van der Waals surface area contributed by atoms with Crippen LogP contribution in [0.1, 0.15) is 22.3 Å². The molecule has 0 aromatic carbocycles. The quantitative estimate of drug-likeness (QED) is 0.663. The summed E-state index contributed by atoms with van der Waals surface area (Å²) < 4.78 is 27.6. The lowest BCUT2D eigenvalue weighted by molar-refractivity contribution is 0.0412. The molecule has 0 bridgehead atoms. The molecule has 0 heterocycles. The summed E-state index contributed by atoms with van der Waals surface area (Å²) in [6.07, 6.45) is 0. The van der Waals surface area contributed by atoms with E-state index in [0.29, 0.717) is 0 Å². The molecule has 19 heavy (non-hydrogen) atoms. The zero-order chi connectivity index (χ0) is 13.0. The van der Waals surface area contributed by atoms with Crippen molar-refractivity contribution in [2.75, 3.05) is 21.3 Å². The van der Waals surface area contributed by atoms with E-state index in [4.69, 9.17) is 21.5 Å². The molecule has 0 rings (SSSR count). The minimum atomic E-state index is -2.99. The third-order valence-corrected chi connectivity index (χ3v) is 10.6. The van der Waals surface area contributed by atoms with E-state index in [1.807, 2.05) is 13.1 Å². The molecule has 0 saturated heterocycles. The van der Waals surface area contributed by atoms with Crippen molar-refractivity contribution >= 4 is 25.9 Å². The summed E-state index contributed by atoms with van der Waals surface area (Å²) in [5.41, 5.74) is 0. The second-order valence-corrected chi connectivity index (χ2v) is 15.7. The number of rotatable bonds is 7. The van der Waals surface area contributed by atoms with Gasteiger partial charge in [-0.25, -0.2) is 0 Å². The van der Waals surface area contributed by atoms with Gasteiger partial charge in [-0.15, -0.1) is 0 Å². The summed E-state index contributed by atoms with van der Waals surface area (Å²) in [7, 11) is -2.34. The van der Waals surface area contributed by atoms with Crippen LogP contribution in [0.25, 0.3) is 0 Å². The lowest BCUT2D eigenvalue weighted by atomic mass is 11.8. The molecule has 0 aliphatic rings. The maximum Gasteiger partial charge on any atom is 0.669 e.